The molecule has 3 aromatic heterocycles. The number of rotatable bonds is 4. The standard InChI is InChI=1S/C22H25N5O2/c28-21(20-6-10-24-29-20)26-11-3-7-22(17-26)8-13-25(16-22)15-19-5-2-12-27(19)18-4-1-9-23-14-18/h1-2,4-6,9-10,12,14H,3,7-8,11,13,15-17H2/t22-/m0/s1. The number of pyridine rings is 1. The molecule has 7 heteroatoms. The quantitative estimate of drug-likeness (QED) is 0.684. The van der Waals surface area contributed by atoms with Crippen LogP contribution in [-0.4, -0.2) is 56.6 Å². The van der Waals surface area contributed by atoms with Crippen LogP contribution in [0.1, 0.15) is 35.5 Å². The van der Waals surface area contributed by atoms with Gasteiger partial charge in [-0.3, -0.25) is 14.7 Å². The largest absolute Gasteiger partial charge is 0.351 e. The summed E-state index contributed by atoms with van der Waals surface area (Å²) >= 11 is 0. The van der Waals surface area contributed by atoms with Crippen molar-refractivity contribution in [3.8, 4) is 5.69 Å². The molecule has 3 aromatic rings. The average molecular weight is 391 g/mol. The van der Waals surface area contributed by atoms with Gasteiger partial charge in [-0.05, 0) is 50.1 Å². The maximum atomic E-state index is 12.7. The highest BCUT2D eigenvalue weighted by Gasteiger charge is 2.43. The molecule has 150 valence electrons. The van der Waals surface area contributed by atoms with Crippen LogP contribution in [0.25, 0.3) is 5.69 Å². The van der Waals surface area contributed by atoms with Crippen LogP contribution in [0, 0.1) is 5.41 Å². The van der Waals surface area contributed by atoms with Crippen LogP contribution >= 0.6 is 0 Å². The van der Waals surface area contributed by atoms with Crippen molar-refractivity contribution in [2.75, 3.05) is 26.2 Å². The average Bonchev–Trinajstić information content (AvgIpc) is 3.51. The van der Waals surface area contributed by atoms with Crippen molar-refractivity contribution in [2.45, 2.75) is 25.8 Å². The molecular formula is C22H25N5O2. The highest BCUT2D eigenvalue weighted by Crippen LogP contribution is 2.40. The van der Waals surface area contributed by atoms with Crippen LogP contribution in [0.15, 0.2) is 59.6 Å². The van der Waals surface area contributed by atoms with Crippen molar-refractivity contribution >= 4 is 5.91 Å². The minimum atomic E-state index is -0.0366. The maximum absolute atomic E-state index is 12.7. The Kier molecular flexibility index (Phi) is 4.67. The Bertz CT molecular complexity index is 968. The molecule has 1 atom stereocenters. The summed E-state index contributed by atoms with van der Waals surface area (Å²) in [6, 6.07) is 9.96. The summed E-state index contributed by atoms with van der Waals surface area (Å²) in [7, 11) is 0. The second-order valence-electron chi connectivity index (χ2n) is 8.25. The molecule has 2 aliphatic heterocycles. The van der Waals surface area contributed by atoms with Gasteiger partial charge in [-0.15, -0.1) is 0 Å². The van der Waals surface area contributed by atoms with E-state index < -0.39 is 0 Å². The van der Waals surface area contributed by atoms with E-state index in [1.807, 2.05) is 17.2 Å². The number of hydrogen-bond acceptors (Lipinski definition) is 5. The van der Waals surface area contributed by atoms with Crippen LogP contribution in [0.3, 0.4) is 0 Å². The highest BCUT2D eigenvalue weighted by molar-refractivity contribution is 5.91. The van der Waals surface area contributed by atoms with Crippen LogP contribution in [0.4, 0.5) is 0 Å². The predicted octanol–water partition coefficient (Wildman–Crippen LogP) is 2.99. The van der Waals surface area contributed by atoms with E-state index in [0.29, 0.717) is 5.76 Å². The zero-order valence-corrected chi connectivity index (χ0v) is 16.4. The Balaban J connectivity index is 1.27. The second-order valence-corrected chi connectivity index (χ2v) is 8.25. The molecule has 1 spiro atoms. The van der Waals surface area contributed by atoms with Gasteiger partial charge in [0, 0.05) is 55.7 Å². The van der Waals surface area contributed by atoms with Crippen molar-refractivity contribution in [3.05, 3.63) is 66.6 Å². The molecule has 1 amide bonds. The molecule has 5 heterocycles. The summed E-state index contributed by atoms with van der Waals surface area (Å²) in [6.07, 6.45) is 10.7. The molecule has 0 aromatic carbocycles. The van der Waals surface area contributed by atoms with Gasteiger partial charge in [-0.1, -0.05) is 5.16 Å². The molecule has 2 aliphatic rings. The lowest BCUT2D eigenvalue weighted by Crippen LogP contribution is -2.47. The minimum Gasteiger partial charge on any atom is -0.351 e. The van der Waals surface area contributed by atoms with Gasteiger partial charge < -0.3 is 14.0 Å². The molecule has 29 heavy (non-hydrogen) atoms. The Morgan fingerprint density at radius 2 is 2.07 bits per heavy atom. The molecule has 0 N–H and O–H groups in total. The SMILES string of the molecule is O=C(c1ccno1)N1CCC[C@@]2(CCN(Cc3cccn3-c3cccnc3)C2)C1. The Morgan fingerprint density at radius 1 is 1.10 bits per heavy atom. The van der Waals surface area contributed by atoms with Crippen LogP contribution in [-0.2, 0) is 6.54 Å². The first kappa shape index (κ1) is 18.1. The number of carbonyl (C=O) groups is 1. The van der Waals surface area contributed by atoms with E-state index in [9.17, 15) is 4.79 Å². The summed E-state index contributed by atoms with van der Waals surface area (Å²) < 4.78 is 7.29. The molecule has 7 nitrogen and oxygen atoms in total. The maximum Gasteiger partial charge on any atom is 0.292 e. The monoisotopic (exact) mass is 391 g/mol. The number of hydrogen-bond donors (Lipinski definition) is 0. The highest BCUT2D eigenvalue weighted by atomic mass is 16.5. The van der Waals surface area contributed by atoms with Crippen molar-refractivity contribution in [3.63, 3.8) is 0 Å². The van der Waals surface area contributed by atoms with Gasteiger partial charge in [0.05, 0.1) is 18.1 Å². The predicted molar refractivity (Wildman–Crippen MR) is 108 cm³/mol. The molecule has 0 saturated carbocycles. The molecule has 0 radical (unpaired) electrons. The lowest BCUT2D eigenvalue weighted by atomic mass is 9.79. The zero-order valence-electron chi connectivity index (χ0n) is 16.4. The molecule has 0 bridgehead atoms. The molecule has 5 rings (SSSR count). The number of piperidine rings is 1. The number of likely N-dealkylation sites (tertiary alicyclic amines) is 2. The fourth-order valence-corrected chi connectivity index (χ4v) is 4.88. The topological polar surface area (TPSA) is 67.4 Å². The first-order valence-corrected chi connectivity index (χ1v) is 10.2. The minimum absolute atomic E-state index is 0.0366. The zero-order chi connectivity index (χ0) is 19.7. The summed E-state index contributed by atoms with van der Waals surface area (Å²) in [6.45, 7) is 4.57. The molecule has 0 unspecified atom stereocenters. The van der Waals surface area contributed by atoms with E-state index >= 15 is 0 Å². The molecule has 2 saturated heterocycles. The van der Waals surface area contributed by atoms with Gasteiger partial charge in [0.2, 0.25) is 5.76 Å². The van der Waals surface area contributed by atoms with Crippen molar-refractivity contribution in [1.29, 1.82) is 0 Å². The van der Waals surface area contributed by atoms with E-state index in [1.165, 1.54) is 18.3 Å². The van der Waals surface area contributed by atoms with E-state index in [4.69, 9.17) is 4.52 Å². The smallest absolute Gasteiger partial charge is 0.292 e. The molecule has 2 fully saturated rings. The van der Waals surface area contributed by atoms with Gasteiger partial charge in [0.1, 0.15) is 0 Å². The number of aromatic nitrogens is 3. The number of amides is 1. The Labute approximate surface area is 169 Å². The summed E-state index contributed by atoms with van der Waals surface area (Å²) in [5.41, 5.74) is 2.53. The van der Waals surface area contributed by atoms with Crippen molar-refractivity contribution in [1.82, 2.24) is 24.5 Å². The molecule has 0 aliphatic carbocycles. The van der Waals surface area contributed by atoms with Gasteiger partial charge in [-0.2, -0.15) is 0 Å². The summed E-state index contributed by atoms with van der Waals surface area (Å²) in [5.74, 6) is 0.302. The van der Waals surface area contributed by atoms with Crippen molar-refractivity contribution in [2.24, 2.45) is 5.41 Å². The second kappa shape index (κ2) is 7.48. The van der Waals surface area contributed by atoms with Crippen molar-refractivity contribution < 1.29 is 9.32 Å². The van der Waals surface area contributed by atoms with Crippen LogP contribution < -0.4 is 0 Å². The number of nitrogens with zero attached hydrogens (tertiary/aromatic N) is 5. The van der Waals surface area contributed by atoms with Gasteiger partial charge in [0.25, 0.3) is 5.91 Å². The fourth-order valence-electron chi connectivity index (χ4n) is 4.88. The van der Waals surface area contributed by atoms with Gasteiger partial charge in [0.15, 0.2) is 0 Å². The first-order valence-electron chi connectivity index (χ1n) is 10.2. The van der Waals surface area contributed by atoms with E-state index in [0.717, 1.165) is 51.3 Å². The normalized spacial score (nSPS) is 22.4. The Hall–Kier alpha value is -2.93. The summed E-state index contributed by atoms with van der Waals surface area (Å²) in [4.78, 5) is 21.4. The third-order valence-corrected chi connectivity index (χ3v) is 6.26. The molecular weight excluding hydrogens is 366 g/mol. The third-order valence-electron chi connectivity index (χ3n) is 6.26. The van der Waals surface area contributed by atoms with Crippen LogP contribution in [0.5, 0.6) is 0 Å². The van der Waals surface area contributed by atoms with Gasteiger partial charge >= 0.3 is 0 Å². The van der Waals surface area contributed by atoms with Gasteiger partial charge in [-0.25, -0.2) is 0 Å². The number of carbonyl (C=O) groups excluding carboxylic acids is 1. The third kappa shape index (κ3) is 3.58. The van der Waals surface area contributed by atoms with Crippen LogP contribution in [0.2, 0.25) is 0 Å². The Morgan fingerprint density at radius 3 is 2.90 bits per heavy atom. The van der Waals surface area contributed by atoms with E-state index in [1.54, 1.807) is 12.3 Å². The fraction of sp³-hybridized carbons (Fsp3) is 0.409. The lowest BCUT2D eigenvalue weighted by molar-refractivity contribution is 0.0489. The summed E-state index contributed by atoms with van der Waals surface area (Å²) in [5, 5.41) is 3.68. The lowest BCUT2D eigenvalue weighted by Gasteiger charge is -2.40. The van der Waals surface area contributed by atoms with E-state index in [-0.39, 0.29) is 11.3 Å². The van der Waals surface area contributed by atoms with E-state index in [2.05, 4.69) is 44.0 Å². The first-order chi connectivity index (χ1) is 14.2.